The number of hydrogen-bond acceptors (Lipinski definition) is 4. The zero-order valence-corrected chi connectivity index (χ0v) is 9.99. The fourth-order valence-corrected chi connectivity index (χ4v) is 2.05. The largest absolute Gasteiger partial charge is 0.289 e. The molecule has 0 spiro atoms. The molecule has 0 bridgehead atoms. The third-order valence-electron chi connectivity index (χ3n) is 3.00. The van der Waals surface area contributed by atoms with Crippen molar-refractivity contribution < 1.29 is 4.39 Å². The maximum Gasteiger partial charge on any atom is 0.123 e. The molecule has 96 valence electrons. The van der Waals surface area contributed by atoms with E-state index in [1.54, 1.807) is 30.9 Å². The van der Waals surface area contributed by atoms with Gasteiger partial charge in [0.25, 0.3) is 0 Å². The molecule has 5 nitrogen and oxygen atoms in total. The number of benzene rings is 1. The summed E-state index contributed by atoms with van der Waals surface area (Å²) in [6.07, 6.45) is 6.83. The highest BCUT2D eigenvalue weighted by Gasteiger charge is 2.20. The second-order valence-electron chi connectivity index (χ2n) is 4.21. The van der Waals surface area contributed by atoms with Crippen LogP contribution in [0.4, 0.5) is 4.39 Å². The van der Waals surface area contributed by atoms with Crippen LogP contribution in [-0.2, 0) is 0 Å². The third kappa shape index (κ3) is 2.13. The number of H-pyrrole nitrogens is 1. The minimum absolute atomic E-state index is 0.142. The molecule has 0 saturated carbocycles. The van der Waals surface area contributed by atoms with E-state index in [0.717, 1.165) is 16.8 Å². The Labute approximate surface area is 109 Å². The number of hydrogen-bond donors (Lipinski definition) is 2. The average Bonchev–Trinajstić information content (AvgIpc) is 2.89. The second kappa shape index (κ2) is 4.66. The summed E-state index contributed by atoms with van der Waals surface area (Å²) in [5.74, 6) is 5.60. The van der Waals surface area contributed by atoms with E-state index in [4.69, 9.17) is 5.84 Å². The summed E-state index contributed by atoms with van der Waals surface area (Å²) < 4.78 is 13.0. The second-order valence-corrected chi connectivity index (χ2v) is 4.21. The molecule has 3 N–H and O–H groups in total. The molecule has 2 heterocycles. The fraction of sp³-hybridized carbons (Fsp3) is 0.0769. The van der Waals surface area contributed by atoms with E-state index in [1.165, 1.54) is 17.1 Å². The molecule has 1 aliphatic heterocycles. The van der Waals surface area contributed by atoms with Crippen molar-refractivity contribution in [3.8, 4) is 11.3 Å². The first-order chi connectivity index (χ1) is 9.25. The van der Waals surface area contributed by atoms with E-state index in [1.807, 2.05) is 6.08 Å². The van der Waals surface area contributed by atoms with Crippen molar-refractivity contribution in [2.45, 2.75) is 6.04 Å². The molecule has 0 fully saturated rings. The summed E-state index contributed by atoms with van der Waals surface area (Å²) in [7, 11) is 0. The molecule has 6 heteroatoms. The first-order valence-electron chi connectivity index (χ1n) is 5.78. The molecule has 1 aromatic heterocycles. The maximum atomic E-state index is 13.0. The lowest BCUT2D eigenvalue weighted by atomic mass is 10.0. The first-order valence-corrected chi connectivity index (χ1v) is 5.78. The predicted octanol–water partition coefficient (Wildman–Crippen LogP) is 1.99. The molecular weight excluding hydrogens is 245 g/mol. The number of aromatic amines is 1. The highest BCUT2D eigenvalue weighted by atomic mass is 19.1. The molecule has 19 heavy (non-hydrogen) atoms. The molecule has 0 amide bonds. The molecule has 1 atom stereocenters. The summed E-state index contributed by atoms with van der Waals surface area (Å²) in [4.78, 5) is 3.95. The fourth-order valence-electron chi connectivity index (χ4n) is 2.05. The Morgan fingerprint density at radius 2 is 2.05 bits per heavy atom. The van der Waals surface area contributed by atoms with Crippen molar-refractivity contribution in [2.24, 2.45) is 10.8 Å². The first kappa shape index (κ1) is 11.6. The predicted molar refractivity (Wildman–Crippen MR) is 70.4 cm³/mol. The molecule has 1 unspecified atom stereocenters. The van der Waals surface area contributed by atoms with Crippen LogP contribution in [0.5, 0.6) is 0 Å². The number of rotatable bonds is 2. The van der Waals surface area contributed by atoms with Crippen LogP contribution in [0.15, 0.2) is 47.7 Å². The van der Waals surface area contributed by atoms with Crippen molar-refractivity contribution in [1.82, 2.24) is 15.2 Å². The van der Waals surface area contributed by atoms with E-state index >= 15 is 0 Å². The quantitative estimate of drug-likeness (QED) is 0.808. The Bertz CT molecular complexity index is 629. The zero-order valence-electron chi connectivity index (χ0n) is 9.99. The number of aliphatic imine (C=N–C) groups is 1. The van der Waals surface area contributed by atoms with Gasteiger partial charge in [0.2, 0.25) is 0 Å². The number of nitrogens with zero attached hydrogens (tertiary/aromatic N) is 3. The van der Waals surface area contributed by atoms with Crippen LogP contribution in [0.2, 0.25) is 0 Å². The van der Waals surface area contributed by atoms with Crippen LogP contribution in [0, 0.1) is 5.82 Å². The van der Waals surface area contributed by atoms with Crippen LogP contribution >= 0.6 is 0 Å². The van der Waals surface area contributed by atoms with E-state index in [2.05, 4.69) is 15.2 Å². The molecule has 3 rings (SSSR count). The number of hydrazine groups is 1. The SMILES string of the molecule is NN1C=NC=CC1c1cn[nH]c1-c1ccc(F)cc1. The van der Waals surface area contributed by atoms with Gasteiger partial charge < -0.3 is 0 Å². The van der Waals surface area contributed by atoms with Crippen LogP contribution in [0.3, 0.4) is 0 Å². The summed E-state index contributed by atoms with van der Waals surface area (Å²) in [6.45, 7) is 0. The van der Waals surface area contributed by atoms with E-state index in [0.29, 0.717) is 0 Å². The van der Waals surface area contributed by atoms with Crippen molar-refractivity contribution in [1.29, 1.82) is 0 Å². The number of nitrogens with one attached hydrogen (secondary N) is 1. The lowest BCUT2D eigenvalue weighted by Gasteiger charge is -2.24. The van der Waals surface area contributed by atoms with Crippen molar-refractivity contribution in [3.05, 3.63) is 54.1 Å². The summed E-state index contributed by atoms with van der Waals surface area (Å²) >= 11 is 0. The minimum atomic E-state index is -0.269. The van der Waals surface area contributed by atoms with Crippen molar-refractivity contribution in [3.63, 3.8) is 0 Å². The molecule has 2 aromatic rings. The Morgan fingerprint density at radius 3 is 2.79 bits per heavy atom. The van der Waals surface area contributed by atoms with Gasteiger partial charge in [-0.2, -0.15) is 5.10 Å². The normalized spacial score (nSPS) is 18.0. The average molecular weight is 257 g/mol. The Balaban J connectivity index is 2.01. The number of nitrogens with two attached hydrogens (primary N) is 1. The van der Waals surface area contributed by atoms with E-state index in [9.17, 15) is 4.39 Å². The van der Waals surface area contributed by atoms with Gasteiger partial charge in [0.1, 0.15) is 12.2 Å². The highest BCUT2D eigenvalue weighted by molar-refractivity contribution is 5.66. The standard InChI is InChI=1S/C13H12FN5/c14-10-3-1-9(2-4-10)13-11(7-17-18-13)12-5-6-16-8-19(12)15/h1-8,12H,15H2,(H,17,18). The van der Waals surface area contributed by atoms with E-state index in [-0.39, 0.29) is 11.9 Å². The van der Waals surface area contributed by atoms with Crippen LogP contribution < -0.4 is 5.84 Å². The molecule has 0 aliphatic carbocycles. The highest BCUT2D eigenvalue weighted by Crippen LogP contribution is 2.29. The van der Waals surface area contributed by atoms with Gasteiger partial charge in [0, 0.05) is 17.3 Å². The minimum Gasteiger partial charge on any atom is -0.289 e. The van der Waals surface area contributed by atoms with E-state index < -0.39 is 0 Å². The van der Waals surface area contributed by atoms with Gasteiger partial charge >= 0.3 is 0 Å². The molecule has 1 aliphatic rings. The van der Waals surface area contributed by atoms with Gasteiger partial charge in [-0.3, -0.25) is 10.1 Å². The molecule has 0 saturated heterocycles. The van der Waals surface area contributed by atoms with Crippen LogP contribution in [-0.4, -0.2) is 21.5 Å². The molecule has 0 radical (unpaired) electrons. The van der Waals surface area contributed by atoms with Crippen LogP contribution in [0.1, 0.15) is 11.6 Å². The van der Waals surface area contributed by atoms with Gasteiger partial charge in [-0.25, -0.2) is 15.2 Å². The van der Waals surface area contributed by atoms with Crippen LogP contribution in [0.25, 0.3) is 11.3 Å². The maximum absolute atomic E-state index is 13.0. The summed E-state index contributed by atoms with van der Waals surface area (Å²) in [6, 6.07) is 6.09. The zero-order chi connectivity index (χ0) is 13.2. The summed E-state index contributed by atoms with van der Waals surface area (Å²) in [5, 5.41) is 8.48. The van der Waals surface area contributed by atoms with Gasteiger partial charge in [0.05, 0.1) is 17.9 Å². The van der Waals surface area contributed by atoms with Gasteiger partial charge in [-0.1, -0.05) is 0 Å². The number of halogens is 1. The van der Waals surface area contributed by atoms with Gasteiger partial charge in [0.15, 0.2) is 0 Å². The molecule has 1 aromatic carbocycles. The van der Waals surface area contributed by atoms with Crippen molar-refractivity contribution >= 4 is 6.34 Å². The Morgan fingerprint density at radius 1 is 1.26 bits per heavy atom. The number of aromatic nitrogens is 2. The lowest BCUT2D eigenvalue weighted by Crippen LogP contribution is -2.34. The lowest BCUT2D eigenvalue weighted by molar-refractivity contribution is 0.388. The Kier molecular flexibility index (Phi) is 2.85. The van der Waals surface area contributed by atoms with Gasteiger partial charge in [-0.15, -0.1) is 0 Å². The third-order valence-corrected chi connectivity index (χ3v) is 3.00. The summed E-state index contributed by atoms with van der Waals surface area (Å²) in [5.41, 5.74) is 2.59. The topological polar surface area (TPSA) is 70.3 Å². The monoisotopic (exact) mass is 257 g/mol. The van der Waals surface area contributed by atoms with Crippen molar-refractivity contribution in [2.75, 3.05) is 0 Å². The Hall–Kier alpha value is -2.47. The van der Waals surface area contributed by atoms with Gasteiger partial charge in [-0.05, 0) is 30.3 Å². The smallest absolute Gasteiger partial charge is 0.123 e. The molecular formula is C13H12FN5.